The van der Waals surface area contributed by atoms with Gasteiger partial charge in [0.05, 0.1) is 30.3 Å². The molecule has 0 saturated heterocycles. The Bertz CT molecular complexity index is 979. The van der Waals surface area contributed by atoms with Gasteiger partial charge >= 0.3 is 0 Å². The van der Waals surface area contributed by atoms with Crippen molar-refractivity contribution in [3.8, 4) is 5.88 Å². The first-order chi connectivity index (χ1) is 14.5. The molecule has 0 saturated carbocycles. The molecule has 0 aliphatic carbocycles. The van der Waals surface area contributed by atoms with Crippen molar-refractivity contribution < 1.29 is 9.53 Å². The molecule has 0 aliphatic heterocycles. The lowest BCUT2D eigenvalue weighted by Gasteiger charge is -2.10. The van der Waals surface area contributed by atoms with Crippen molar-refractivity contribution in [3.63, 3.8) is 0 Å². The topological polar surface area (TPSA) is 131 Å². The summed E-state index contributed by atoms with van der Waals surface area (Å²) in [7, 11) is 3.91. The van der Waals surface area contributed by atoms with Crippen LogP contribution in [0.3, 0.4) is 0 Å². The van der Waals surface area contributed by atoms with E-state index in [1.54, 1.807) is 30.6 Å². The number of nitrogens with two attached hydrogens (primary N) is 1. The maximum atomic E-state index is 12.4. The van der Waals surface area contributed by atoms with E-state index in [1.807, 2.05) is 25.1 Å². The van der Waals surface area contributed by atoms with Gasteiger partial charge in [0.1, 0.15) is 18.1 Å². The lowest BCUT2D eigenvalue weighted by molar-refractivity contribution is 0.102. The summed E-state index contributed by atoms with van der Waals surface area (Å²) in [5.41, 5.74) is 8.05. The highest BCUT2D eigenvalue weighted by Gasteiger charge is 2.10. The highest BCUT2D eigenvalue weighted by atomic mass is 16.5. The lowest BCUT2D eigenvalue weighted by Crippen LogP contribution is -2.20. The minimum absolute atomic E-state index is 0.189. The van der Waals surface area contributed by atoms with Crippen molar-refractivity contribution in [2.45, 2.75) is 6.54 Å². The number of anilines is 3. The van der Waals surface area contributed by atoms with E-state index in [-0.39, 0.29) is 11.6 Å². The number of hydrogen-bond donors (Lipinski definition) is 3. The zero-order chi connectivity index (χ0) is 21.3. The summed E-state index contributed by atoms with van der Waals surface area (Å²) in [4.78, 5) is 31.0. The Labute approximate surface area is 174 Å². The predicted octanol–water partition coefficient (Wildman–Crippen LogP) is 1.65. The molecule has 0 unspecified atom stereocenters. The van der Waals surface area contributed by atoms with Crippen LogP contribution in [-0.4, -0.2) is 58.0 Å². The zero-order valence-electron chi connectivity index (χ0n) is 16.9. The third-order valence-corrected chi connectivity index (χ3v) is 4.02. The number of carbonyl (C=O) groups excluding carboxylic acids is 1. The molecule has 1 amide bonds. The maximum Gasteiger partial charge on any atom is 0.275 e. The van der Waals surface area contributed by atoms with Crippen molar-refractivity contribution in [2.75, 3.05) is 43.6 Å². The van der Waals surface area contributed by atoms with E-state index in [0.29, 0.717) is 30.5 Å². The molecule has 0 radical (unpaired) electrons. The average Bonchev–Trinajstić information content (AvgIpc) is 2.74. The molecule has 0 atom stereocenters. The zero-order valence-corrected chi connectivity index (χ0v) is 16.9. The Morgan fingerprint density at radius 1 is 1.13 bits per heavy atom. The van der Waals surface area contributed by atoms with E-state index < -0.39 is 0 Å². The van der Waals surface area contributed by atoms with Crippen molar-refractivity contribution in [2.24, 2.45) is 0 Å². The second-order valence-corrected chi connectivity index (χ2v) is 6.67. The fourth-order valence-electron chi connectivity index (χ4n) is 2.44. The number of carbonyl (C=O) groups is 1. The average molecular weight is 408 g/mol. The van der Waals surface area contributed by atoms with Crippen LogP contribution in [-0.2, 0) is 6.54 Å². The summed E-state index contributed by atoms with van der Waals surface area (Å²) in [6.45, 7) is 1.68. The minimum atomic E-state index is -0.371. The SMILES string of the molecule is CN(C)CCOc1cnc(C(=O)Nc2ccnc(CNc3cccnc3N)c2)cn1. The van der Waals surface area contributed by atoms with Gasteiger partial charge in [0.2, 0.25) is 5.88 Å². The molecule has 3 rings (SSSR count). The molecular weight excluding hydrogens is 384 g/mol. The van der Waals surface area contributed by atoms with Crippen LogP contribution >= 0.6 is 0 Å². The molecular formula is C20H24N8O2. The smallest absolute Gasteiger partial charge is 0.275 e. The third-order valence-electron chi connectivity index (χ3n) is 4.02. The standard InChI is InChI=1S/C20H24N8O2/c1-28(2)8-9-30-18-13-25-17(12-26-18)20(29)27-14-5-7-22-15(10-14)11-24-16-4-3-6-23-19(16)21/h3-7,10,12-13,24H,8-9,11H2,1-2H3,(H2,21,23)(H,22,27,29). The number of likely N-dealkylation sites (N-methyl/N-ethyl adjacent to an activating group) is 1. The van der Waals surface area contributed by atoms with Crippen LogP contribution in [0.2, 0.25) is 0 Å². The molecule has 3 aromatic rings. The van der Waals surface area contributed by atoms with E-state index >= 15 is 0 Å². The molecule has 3 heterocycles. The van der Waals surface area contributed by atoms with Gasteiger partial charge in [-0.1, -0.05) is 0 Å². The van der Waals surface area contributed by atoms with Gasteiger partial charge in [-0.05, 0) is 38.4 Å². The highest BCUT2D eigenvalue weighted by Crippen LogP contribution is 2.16. The Hall–Kier alpha value is -3.79. The highest BCUT2D eigenvalue weighted by molar-refractivity contribution is 6.02. The summed E-state index contributed by atoms with van der Waals surface area (Å²) < 4.78 is 5.48. The summed E-state index contributed by atoms with van der Waals surface area (Å²) >= 11 is 0. The van der Waals surface area contributed by atoms with E-state index in [2.05, 4.69) is 30.6 Å². The van der Waals surface area contributed by atoms with E-state index in [0.717, 1.165) is 17.9 Å². The van der Waals surface area contributed by atoms with Gasteiger partial charge in [-0.25, -0.2) is 15.0 Å². The normalized spacial score (nSPS) is 10.6. The fourth-order valence-corrected chi connectivity index (χ4v) is 2.44. The molecule has 4 N–H and O–H groups in total. The van der Waals surface area contributed by atoms with Crippen molar-refractivity contribution in [1.82, 2.24) is 24.8 Å². The van der Waals surface area contributed by atoms with Crippen molar-refractivity contribution >= 4 is 23.1 Å². The first-order valence-corrected chi connectivity index (χ1v) is 9.31. The van der Waals surface area contributed by atoms with Gasteiger partial charge in [-0.15, -0.1) is 0 Å². The summed E-state index contributed by atoms with van der Waals surface area (Å²) in [6.07, 6.45) is 6.06. The molecule has 0 aliphatic rings. The summed E-state index contributed by atoms with van der Waals surface area (Å²) in [6, 6.07) is 7.10. The molecule has 0 spiro atoms. The van der Waals surface area contributed by atoms with Crippen LogP contribution in [0.25, 0.3) is 0 Å². The third kappa shape index (κ3) is 6.11. The van der Waals surface area contributed by atoms with Crippen LogP contribution in [0, 0.1) is 0 Å². The van der Waals surface area contributed by atoms with Crippen LogP contribution in [0.4, 0.5) is 17.2 Å². The Balaban J connectivity index is 1.56. The lowest BCUT2D eigenvalue weighted by atomic mass is 10.3. The number of aromatic nitrogens is 4. The first kappa shape index (κ1) is 20.9. The summed E-state index contributed by atoms with van der Waals surface area (Å²) in [5, 5.41) is 5.96. The Morgan fingerprint density at radius 3 is 2.73 bits per heavy atom. The van der Waals surface area contributed by atoms with Gasteiger partial charge < -0.3 is 26.0 Å². The van der Waals surface area contributed by atoms with Gasteiger partial charge in [0.15, 0.2) is 0 Å². The molecule has 156 valence electrons. The predicted molar refractivity (Wildman–Crippen MR) is 114 cm³/mol. The van der Waals surface area contributed by atoms with Crippen molar-refractivity contribution in [1.29, 1.82) is 0 Å². The van der Waals surface area contributed by atoms with Crippen LogP contribution in [0.5, 0.6) is 5.88 Å². The number of nitrogen functional groups attached to an aromatic ring is 1. The first-order valence-electron chi connectivity index (χ1n) is 9.31. The van der Waals surface area contributed by atoms with Crippen LogP contribution in [0.1, 0.15) is 16.2 Å². The van der Waals surface area contributed by atoms with E-state index in [9.17, 15) is 4.79 Å². The van der Waals surface area contributed by atoms with Crippen molar-refractivity contribution in [3.05, 3.63) is 60.4 Å². The Kier molecular flexibility index (Phi) is 7.06. The molecule has 30 heavy (non-hydrogen) atoms. The second-order valence-electron chi connectivity index (χ2n) is 6.67. The number of hydrogen-bond acceptors (Lipinski definition) is 9. The van der Waals surface area contributed by atoms with E-state index in [1.165, 1.54) is 12.4 Å². The molecule has 0 fully saturated rings. The van der Waals surface area contributed by atoms with Gasteiger partial charge in [-0.3, -0.25) is 9.78 Å². The number of amides is 1. The minimum Gasteiger partial charge on any atom is -0.475 e. The second kappa shape index (κ2) is 10.1. The molecule has 3 aromatic heterocycles. The van der Waals surface area contributed by atoms with Crippen LogP contribution in [0.15, 0.2) is 49.1 Å². The number of nitrogens with zero attached hydrogens (tertiary/aromatic N) is 5. The van der Waals surface area contributed by atoms with Crippen LogP contribution < -0.4 is 21.1 Å². The fraction of sp³-hybridized carbons (Fsp3) is 0.250. The quantitative estimate of drug-likeness (QED) is 0.483. The Morgan fingerprint density at radius 2 is 2.00 bits per heavy atom. The number of nitrogens with one attached hydrogen (secondary N) is 2. The summed E-state index contributed by atoms with van der Waals surface area (Å²) in [5.74, 6) is 0.416. The van der Waals surface area contributed by atoms with Gasteiger partial charge in [0, 0.05) is 24.6 Å². The number of rotatable bonds is 9. The monoisotopic (exact) mass is 408 g/mol. The number of ether oxygens (including phenoxy) is 1. The maximum absolute atomic E-state index is 12.4. The molecule has 10 nitrogen and oxygen atoms in total. The van der Waals surface area contributed by atoms with Gasteiger partial charge in [-0.2, -0.15) is 0 Å². The van der Waals surface area contributed by atoms with E-state index in [4.69, 9.17) is 10.5 Å². The molecule has 0 aromatic carbocycles. The molecule has 0 bridgehead atoms. The largest absolute Gasteiger partial charge is 0.475 e. The molecule has 10 heteroatoms. The number of pyridine rings is 2. The van der Waals surface area contributed by atoms with Gasteiger partial charge in [0.25, 0.3) is 5.91 Å².